The molecule has 174 valence electrons. The maximum Gasteiger partial charge on any atom is 0.330 e. The van der Waals surface area contributed by atoms with Crippen molar-refractivity contribution >= 4 is 41.4 Å². The van der Waals surface area contributed by atoms with Crippen molar-refractivity contribution in [2.45, 2.75) is 25.7 Å². The van der Waals surface area contributed by atoms with Crippen LogP contribution in [-0.2, 0) is 18.8 Å². The van der Waals surface area contributed by atoms with Crippen LogP contribution in [-0.4, -0.2) is 42.1 Å². The van der Waals surface area contributed by atoms with Crippen LogP contribution in [0.2, 0.25) is 5.02 Å². The number of esters is 1. The quantitative estimate of drug-likeness (QED) is 0.124. The van der Waals surface area contributed by atoms with Crippen molar-refractivity contribution in [3.05, 3.63) is 76.1 Å². The Balaban J connectivity index is 1.73. The molecule has 0 radical (unpaired) electrons. The number of rotatable bonds is 7. The van der Waals surface area contributed by atoms with E-state index in [-0.39, 0.29) is 11.9 Å². The normalized spacial score (nSPS) is 19.0. The Morgan fingerprint density at radius 2 is 2.12 bits per heavy atom. The number of carbonyl (C=O) groups is 1. The number of benzene rings is 1. The van der Waals surface area contributed by atoms with Gasteiger partial charge in [0.05, 0.1) is 19.4 Å². The number of aromatic nitrogens is 1. The number of piperidine rings is 1. The molecule has 2 aromatic rings. The van der Waals surface area contributed by atoms with Crippen LogP contribution >= 0.6 is 23.8 Å². The van der Waals surface area contributed by atoms with E-state index in [9.17, 15) is 4.79 Å². The molecule has 1 atom stereocenters. The Morgan fingerprint density at radius 1 is 1.30 bits per heavy atom. The first-order valence-corrected chi connectivity index (χ1v) is 12.1. The summed E-state index contributed by atoms with van der Waals surface area (Å²) in [4.78, 5) is 21.6. The Hall–Kier alpha value is -2.16. The monoisotopic (exact) mass is 486 g/mol. The van der Waals surface area contributed by atoms with Crippen LogP contribution in [0.15, 0.2) is 48.7 Å². The molecule has 33 heavy (non-hydrogen) atoms. The summed E-state index contributed by atoms with van der Waals surface area (Å²) in [6, 6.07) is 10.1. The predicted molar refractivity (Wildman–Crippen MR) is 131 cm³/mol. The van der Waals surface area contributed by atoms with E-state index in [1.165, 1.54) is 31.0 Å². The standard InChI is InChI=1S/C25H27ClN2O4S/c1-3-31-23(29)9-6-18-15-19-16-20(26)7-8-21(19)24(25-22(18)5-4-12-27-25)17-10-13-28(14-11-17)33-32-30-2/h4-9,12,15-17,24H,3,10-11,13-14H2,1-2H3. The number of fused-ring (bicyclic) bond motifs is 2. The minimum Gasteiger partial charge on any atom is -0.463 e. The fourth-order valence-electron chi connectivity index (χ4n) is 4.58. The zero-order valence-corrected chi connectivity index (χ0v) is 20.3. The molecule has 1 aromatic heterocycles. The molecule has 2 heterocycles. The molecule has 0 N–H and O–H groups in total. The summed E-state index contributed by atoms with van der Waals surface area (Å²) in [7, 11) is 1.51. The Morgan fingerprint density at radius 3 is 2.88 bits per heavy atom. The predicted octanol–water partition coefficient (Wildman–Crippen LogP) is 5.69. The van der Waals surface area contributed by atoms with Gasteiger partial charge in [-0.3, -0.25) is 4.98 Å². The smallest absolute Gasteiger partial charge is 0.330 e. The highest BCUT2D eigenvalue weighted by Gasteiger charge is 2.34. The van der Waals surface area contributed by atoms with Gasteiger partial charge in [0, 0.05) is 41.9 Å². The van der Waals surface area contributed by atoms with Gasteiger partial charge in [-0.1, -0.05) is 23.7 Å². The molecule has 1 saturated heterocycles. The van der Waals surface area contributed by atoms with Crippen molar-refractivity contribution in [2.75, 3.05) is 26.8 Å². The average molecular weight is 487 g/mol. The van der Waals surface area contributed by atoms with Crippen LogP contribution < -0.4 is 0 Å². The van der Waals surface area contributed by atoms with Crippen LogP contribution in [0, 0.1) is 5.92 Å². The number of carbonyl (C=O) groups excluding carboxylic acids is 1. The number of nitrogens with zero attached hydrogens (tertiary/aromatic N) is 2. The van der Waals surface area contributed by atoms with Crippen molar-refractivity contribution < 1.29 is 18.8 Å². The van der Waals surface area contributed by atoms with Gasteiger partial charge in [-0.2, -0.15) is 0 Å². The highest BCUT2D eigenvalue weighted by Crippen LogP contribution is 2.45. The van der Waals surface area contributed by atoms with Crippen LogP contribution in [0.4, 0.5) is 0 Å². The van der Waals surface area contributed by atoms with Crippen LogP contribution in [0.3, 0.4) is 0 Å². The zero-order chi connectivity index (χ0) is 23.2. The van der Waals surface area contributed by atoms with E-state index < -0.39 is 0 Å². The van der Waals surface area contributed by atoms with E-state index in [4.69, 9.17) is 30.5 Å². The third-order valence-electron chi connectivity index (χ3n) is 6.00. The topological polar surface area (TPSA) is 60.9 Å². The largest absolute Gasteiger partial charge is 0.463 e. The number of allylic oxidation sites excluding steroid dienone is 2. The van der Waals surface area contributed by atoms with E-state index >= 15 is 0 Å². The van der Waals surface area contributed by atoms with Gasteiger partial charge in [0.25, 0.3) is 0 Å². The van der Waals surface area contributed by atoms with Gasteiger partial charge in [0.1, 0.15) is 12.2 Å². The lowest BCUT2D eigenvalue weighted by atomic mass is 9.76. The lowest BCUT2D eigenvalue weighted by molar-refractivity contribution is -0.163. The first-order valence-electron chi connectivity index (χ1n) is 11.0. The maximum absolute atomic E-state index is 12.0. The molecule has 1 unspecified atom stereocenters. The summed E-state index contributed by atoms with van der Waals surface area (Å²) < 4.78 is 12.3. The van der Waals surface area contributed by atoms with Gasteiger partial charge in [-0.05, 0) is 72.7 Å². The number of ether oxygens (including phenoxy) is 1. The Bertz CT molecular complexity index is 1050. The molecule has 1 aliphatic heterocycles. The average Bonchev–Trinajstić information content (AvgIpc) is 2.96. The minimum absolute atomic E-state index is 0.119. The molecule has 2 aliphatic rings. The van der Waals surface area contributed by atoms with E-state index in [2.05, 4.69) is 22.5 Å². The van der Waals surface area contributed by atoms with Crippen molar-refractivity contribution in [1.29, 1.82) is 0 Å². The summed E-state index contributed by atoms with van der Waals surface area (Å²) in [6.45, 7) is 3.92. The van der Waals surface area contributed by atoms with Crippen molar-refractivity contribution in [3.63, 3.8) is 0 Å². The van der Waals surface area contributed by atoms with E-state index in [1.807, 2.05) is 30.5 Å². The van der Waals surface area contributed by atoms with Gasteiger partial charge >= 0.3 is 5.97 Å². The molecule has 0 amide bonds. The highest BCUT2D eigenvalue weighted by atomic mass is 35.5. The lowest BCUT2D eigenvalue weighted by Crippen LogP contribution is -2.32. The van der Waals surface area contributed by atoms with E-state index in [0.717, 1.165) is 48.3 Å². The van der Waals surface area contributed by atoms with Crippen LogP contribution in [0.25, 0.3) is 11.6 Å². The summed E-state index contributed by atoms with van der Waals surface area (Å²) in [5.74, 6) is 0.160. The Kier molecular flexibility index (Phi) is 8.22. The van der Waals surface area contributed by atoms with Gasteiger partial charge in [0.15, 0.2) is 0 Å². The molecule has 0 spiro atoms. The Labute approximate surface area is 203 Å². The molecular weight excluding hydrogens is 460 g/mol. The molecule has 1 aliphatic carbocycles. The molecule has 0 saturated carbocycles. The second-order valence-corrected chi connectivity index (χ2v) is 9.19. The minimum atomic E-state index is -0.362. The third kappa shape index (κ3) is 5.67. The summed E-state index contributed by atoms with van der Waals surface area (Å²) in [5.41, 5.74) is 5.22. The molecule has 0 bridgehead atoms. The summed E-state index contributed by atoms with van der Waals surface area (Å²) in [5, 5.41) is 0.680. The number of hydrogen-bond acceptors (Lipinski definition) is 7. The van der Waals surface area contributed by atoms with Gasteiger partial charge in [-0.25, -0.2) is 14.0 Å². The van der Waals surface area contributed by atoms with Crippen molar-refractivity contribution in [3.8, 4) is 0 Å². The molecule has 1 fully saturated rings. The fraction of sp³-hybridized carbons (Fsp3) is 0.360. The SMILES string of the molecule is CCOC(=O)C=CC1=Cc2cc(Cl)ccc2C(C2CCN(SOOC)CC2)c2ncccc21. The maximum atomic E-state index is 12.0. The molecule has 4 rings (SSSR count). The van der Waals surface area contributed by atoms with Gasteiger partial charge in [-0.15, -0.1) is 4.33 Å². The summed E-state index contributed by atoms with van der Waals surface area (Å²) >= 11 is 7.64. The third-order valence-corrected chi connectivity index (χ3v) is 7.01. The molecule has 8 heteroatoms. The number of hydrogen-bond donors (Lipinski definition) is 0. The van der Waals surface area contributed by atoms with Crippen molar-refractivity contribution in [2.24, 2.45) is 5.92 Å². The van der Waals surface area contributed by atoms with Crippen molar-refractivity contribution in [1.82, 2.24) is 9.29 Å². The van der Waals surface area contributed by atoms with E-state index in [0.29, 0.717) is 17.5 Å². The number of pyridine rings is 1. The highest BCUT2D eigenvalue weighted by molar-refractivity contribution is 7.92. The van der Waals surface area contributed by atoms with Crippen LogP contribution in [0.1, 0.15) is 48.1 Å². The fourth-order valence-corrected chi connectivity index (χ4v) is 5.26. The zero-order valence-electron chi connectivity index (χ0n) is 18.7. The van der Waals surface area contributed by atoms with Crippen LogP contribution in [0.5, 0.6) is 0 Å². The molecule has 1 aromatic carbocycles. The second kappa shape index (κ2) is 11.3. The van der Waals surface area contributed by atoms with Gasteiger partial charge < -0.3 is 4.74 Å². The van der Waals surface area contributed by atoms with Gasteiger partial charge in [0.2, 0.25) is 0 Å². The molecule has 6 nitrogen and oxygen atoms in total. The number of halogens is 1. The second-order valence-electron chi connectivity index (χ2n) is 7.95. The first kappa shape index (κ1) is 24.0. The first-order chi connectivity index (χ1) is 16.1. The lowest BCUT2D eigenvalue weighted by Gasteiger charge is -2.35. The summed E-state index contributed by atoms with van der Waals surface area (Å²) in [6.07, 6.45) is 9.22. The van der Waals surface area contributed by atoms with E-state index in [1.54, 1.807) is 6.92 Å². The molecular formula is C25H27ClN2O4S.